The van der Waals surface area contributed by atoms with Gasteiger partial charge in [0.15, 0.2) is 11.3 Å². The van der Waals surface area contributed by atoms with Gasteiger partial charge in [-0.25, -0.2) is 0 Å². The first kappa shape index (κ1) is 21.7. The number of rotatable bonds is 5. The van der Waals surface area contributed by atoms with Gasteiger partial charge in [-0.3, -0.25) is 19.0 Å². The van der Waals surface area contributed by atoms with Crippen LogP contribution in [0.1, 0.15) is 54.5 Å². The van der Waals surface area contributed by atoms with E-state index in [-0.39, 0.29) is 18.2 Å². The monoisotopic (exact) mass is 429 g/mol. The van der Waals surface area contributed by atoms with Gasteiger partial charge in [0.05, 0.1) is 0 Å². The summed E-state index contributed by atoms with van der Waals surface area (Å²) in [6.45, 7) is 4.05. The van der Waals surface area contributed by atoms with Gasteiger partial charge < -0.3 is 15.7 Å². The zero-order valence-electron chi connectivity index (χ0n) is 16.6. The Hall–Kier alpha value is -3.05. The molecule has 0 spiro atoms. The Balaban J connectivity index is 2.11. The number of aromatic nitrogens is 3. The molecular weight excluding hydrogens is 407 g/mol. The molecule has 0 bridgehead atoms. The number of alkyl halides is 3. The molecular formula is C18H22F3N5O4. The second kappa shape index (κ2) is 7.33. The van der Waals surface area contributed by atoms with Crippen LogP contribution in [0.15, 0.2) is 10.9 Å². The van der Waals surface area contributed by atoms with Gasteiger partial charge in [0.25, 0.3) is 17.4 Å². The number of carbonyl (C=O) groups is 2. The smallest absolute Gasteiger partial charge is 0.405 e. The maximum absolute atomic E-state index is 13.0. The van der Waals surface area contributed by atoms with E-state index in [1.54, 1.807) is 5.32 Å². The molecule has 1 aliphatic carbocycles. The molecule has 3 rings (SSSR count). The Morgan fingerprint density at radius 1 is 1.23 bits per heavy atom. The van der Waals surface area contributed by atoms with Gasteiger partial charge in [0, 0.05) is 18.7 Å². The van der Waals surface area contributed by atoms with Crippen molar-refractivity contribution in [2.24, 2.45) is 5.41 Å². The maximum atomic E-state index is 13.0. The molecule has 1 saturated carbocycles. The molecule has 12 heteroatoms. The lowest BCUT2D eigenvalue weighted by atomic mass is 9.97. The van der Waals surface area contributed by atoms with Crippen molar-refractivity contribution < 1.29 is 27.9 Å². The van der Waals surface area contributed by atoms with E-state index >= 15 is 0 Å². The summed E-state index contributed by atoms with van der Waals surface area (Å²) < 4.78 is 39.1. The first-order valence-electron chi connectivity index (χ1n) is 9.28. The number of carbonyl (C=O) groups excluding carboxylic acids is 2. The molecule has 1 aliphatic rings. The van der Waals surface area contributed by atoms with Crippen LogP contribution in [0.5, 0.6) is 5.88 Å². The van der Waals surface area contributed by atoms with Gasteiger partial charge in [0.2, 0.25) is 5.88 Å². The molecule has 2 amide bonds. The van der Waals surface area contributed by atoms with Crippen LogP contribution >= 0.6 is 0 Å². The predicted octanol–water partition coefficient (Wildman–Crippen LogP) is 1.43. The quantitative estimate of drug-likeness (QED) is 0.665. The second-order valence-corrected chi connectivity index (χ2v) is 8.50. The molecule has 2 aromatic rings. The third kappa shape index (κ3) is 4.74. The minimum absolute atomic E-state index is 0.0208. The van der Waals surface area contributed by atoms with E-state index in [9.17, 15) is 32.7 Å². The Morgan fingerprint density at radius 2 is 1.87 bits per heavy atom. The van der Waals surface area contributed by atoms with Crippen molar-refractivity contribution in [2.45, 2.75) is 52.4 Å². The molecule has 0 atom stereocenters. The molecule has 0 radical (unpaired) electrons. The van der Waals surface area contributed by atoms with Crippen molar-refractivity contribution in [1.29, 1.82) is 0 Å². The van der Waals surface area contributed by atoms with Gasteiger partial charge in [-0.05, 0) is 18.3 Å². The Kier molecular flexibility index (Phi) is 5.29. The van der Waals surface area contributed by atoms with Gasteiger partial charge in [0.1, 0.15) is 12.2 Å². The van der Waals surface area contributed by atoms with Crippen LogP contribution in [0.25, 0.3) is 5.65 Å². The lowest BCUT2D eigenvalue weighted by Gasteiger charge is -2.21. The summed E-state index contributed by atoms with van der Waals surface area (Å²) >= 11 is 0. The predicted molar refractivity (Wildman–Crippen MR) is 99.4 cm³/mol. The fourth-order valence-corrected chi connectivity index (χ4v) is 2.85. The summed E-state index contributed by atoms with van der Waals surface area (Å²) in [5.41, 5.74) is -2.21. The third-order valence-corrected chi connectivity index (χ3v) is 4.30. The zero-order valence-corrected chi connectivity index (χ0v) is 16.6. The van der Waals surface area contributed by atoms with Crippen molar-refractivity contribution in [3.8, 4) is 5.88 Å². The summed E-state index contributed by atoms with van der Waals surface area (Å²) in [5.74, 6) is -2.69. The van der Waals surface area contributed by atoms with Crippen LogP contribution in [0.4, 0.5) is 13.2 Å². The molecule has 0 aromatic carbocycles. The summed E-state index contributed by atoms with van der Waals surface area (Å²) in [6, 6.07) is 1.02. The van der Waals surface area contributed by atoms with Crippen molar-refractivity contribution in [2.75, 3.05) is 6.54 Å². The normalized spacial score (nSPS) is 14.7. The SMILES string of the molecule is CC(C)(C)Cn1c(=O)c(C(=O)NC2CC2)c(O)n2nc(C(=O)NCC(F)(F)F)cc12. The number of fused-ring (bicyclic) bond motifs is 1. The minimum Gasteiger partial charge on any atom is -0.492 e. The van der Waals surface area contributed by atoms with Crippen LogP contribution < -0.4 is 16.2 Å². The van der Waals surface area contributed by atoms with Crippen molar-refractivity contribution in [1.82, 2.24) is 24.8 Å². The number of hydrogen-bond acceptors (Lipinski definition) is 5. The zero-order chi connectivity index (χ0) is 22.4. The standard InChI is InChI=1S/C18H22F3N5O4/c1-17(2,3)8-25-11-6-10(13(27)22-7-18(19,20)21)24-26(11)16(30)12(15(25)29)14(28)23-9-4-5-9/h6,9,30H,4-5,7-8H2,1-3H3,(H,22,27)(H,23,28). The molecule has 164 valence electrons. The topological polar surface area (TPSA) is 118 Å². The largest absolute Gasteiger partial charge is 0.492 e. The third-order valence-electron chi connectivity index (χ3n) is 4.30. The highest BCUT2D eigenvalue weighted by atomic mass is 19.4. The van der Waals surface area contributed by atoms with E-state index < -0.39 is 52.6 Å². The van der Waals surface area contributed by atoms with Gasteiger partial charge in [-0.1, -0.05) is 20.8 Å². The van der Waals surface area contributed by atoms with E-state index in [1.807, 2.05) is 20.8 Å². The van der Waals surface area contributed by atoms with E-state index in [0.29, 0.717) is 0 Å². The fourth-order valence-electron chi connectivity index (χ4n) is 2.85. The molecule has 0 saturated heterocycles. The molecule has 2 aromatic heterocycles. The van der Waals surface area contributed by atoms with Crippen LogP contribution in [0.3, 0.4) is 0 Å². The van der Waals surface area contributed by atoms with Gasteiger partial charge in [-0.15, -0.1) is 0 Å². The van der Waals surface area contributed by atoms with E-state index in [1.165, 1.54) is 4.57 Å². The molecule has 1 fully saturated rings. The summed E-state index contributed by atoms with van der Waals surface area (Å²) in [4.78, 5) is 37.6. The number of nitrogens with zero attached hydrogens (tertiary/aromatic N) is 3. The average Bonchev–Trinajstić information content (AvgIpc) is 3.29. The molecule has 2 heterocycles. The summed E-state index contributed by atoms with van der Waals surface area (Å²) in [7, 11) is 0. The van der Waals surface area contributed by atoms with E-state index in [0.717, 1.165) is 23.4 Å². The van der Waals surface area contributed by atoms with E-state index in [2.05, 4.69) is 10.4 Å². The van der Waals surface area contributed by atoms with Crippen molar-refractivity contribution >= 4 is 17.5 Å². The van der Waals surface area contributed by atoms with Crippen LogP contribution in [-0.2, 0) is 6.54 Å². The number of hydrogen-bond donors (Lipinski definition) is 3. The minimum atomic E-state index is -4.61. The summed E-state index contributed by atoms with van der Waals surface area (Å²) in [6.07, 6.45) is -3.09. The maximum Gasteiger partial charge on any atom is 0.405 e. The Morgan fingerprint density at radius 3 is 2.40 bits per heavy atom. The Bertz CT molecular complexity index is 1060. The number of halogens is 3. The second-order valence-electron chi connectivity index (χ2n) is 8.50. The highest BCUT2D eigenvalue weighted by Gasteiger charge is 2.32. The Labute approximate surface area is 168 Å². The van der Waals surface area contributed by atoms with Gasteiger partial charge >= 0.3 is 6.18 Å². The molecule has 0 unspecified atom stereocenters. The molecule has 30 heavy (non-hydrogen) atoms. The van der Waals surface area contributed by atoms with Gasteiger partial charge in [-0.2, -0.15) is 22.8 Å². The van der Waals surface area contributed by atoms with Crippen molar-refractivity contribution in [3.63, 3.8) is 0 Å². The summed E-state index contributed by atoms with van der Waals surface area (Å²) in [5, 5.41) is 18.7. The number of nitrogens with one attached hydrogen (secondary N) is 2. The molecule has 9 nitrogen and oxygen atoms in total. The van der Waals surface area contributed by atoms with Crippen LogP contribution in [0, 0.1) is 5.41 Å². The van der Waals surface area contributed by atoms with Crippen LogP contribution in [0.2, 0.25) is 0 Å². The highest BCUT2D eigenvalue weighted by Crippen LogP contribution is 2.24. The van der Waals surface area contributed by atoms with Crippen LogP contribution in [-0.4, -0.2) is 49.9 Å². The molecule has 3 N–H and O–H groups in total. The number of aromatic hydroxyl groups is 1. The van der Waals surface area contributed by atoms with E-state index in [4.69, 9.17) is 0 Å². The first-order valence-corrected chi connectivity index (χ1v) is 9.28. The number of amides is 2. The average molecular weight is 429 g/mol. The first-order chi connectivity index (χ1) is 13.8. The fraction of sp³-hybridized carbons (Fsp3) is 0.556. The molecule has 0 aliphatic heterocycles. The highest BCUT2D eigenvalue weighted by molar-refractivity contribution is 5.97. The lowest BCUT2D eigenvalue weighted by Crippen LogP contribution is -2.37. The lowest BCUT2D eigenvalue weighted by molar-refractivity contribution is -0.123. The van der Waals surface area contributed by atoms with Crippen molar-refractivity contribution in [3.05, 3.63) is 27.7 Å².